The average molecular weight is 1690 g/mol. The molecule has 0 spiro atoms. The number of amides is 4. The summed E-state index contributed by atoms with van der Waals surface area (Å²) >= 11 is 1.50. The molecule has 632 valence electrons. The molecule has 5 aromatic carbocycles. The second kappa shape index (κ2) is 36.9. The Morgan fingerprint density at radius 1 is 0.463 bits per heavy atom. The highest BCUT2D eigenvalue weighted by molar-refractivity contribution is 7.15. The number of ether oxygens (including phenoxy) is 1. The zero-order valence-electron chi connectivity index (χ0n) is 69.4. The Morgan fingerprint density at radius 3 is 1.54 bits per heavy atom. The molecule has 0 atom stereocenters. The zero-order chi connectivity index (χ0) is 86.3. The first kappa shape index (κ1) is 84.1. The molecule has 4 amide bonds. The summed E-state index contributed by atoms with van der Waals surface area (Å²) < 4.78 is 82.7. The van der Waals surface area contributed by atoms with Gasteiger partial charge in [-0.15, -0.1) is 11.3 Å². The maximum Gasteiger partial charge on any atom is 0.266 e. The van der Waals surface area contributed by atoms with Gasteiger partial charge in [-0.05, 0) is 166 Å². The van der Waals surface area contributed by atoms with E-state index in [0.29, 0.717) is 146 Å². The highest BCUT2D eigenvalue weighted by Gasteiger charge is 2.31. The number of anilines is 2. The molecule has 4 aliphatic heterocycles. The lowest BCUT2D eigenvalue weighted by atomic mass is 10.1. The summed E-state index contributed by atoms with van der Waals surface area (Å²) in [6.07, 6.45) is 7.02. The van der Waals surface area contributed by atoms with Crippen LogP contribution in [0.1, 0.15) is 80.0 Å². The van der Waals surface area contributed by atoms with Crippen LogP contribution >= 0.6 is 11.3 Å². The molecular weight excluding hydrogens is 1600 g/mol. The number of benzene rings is 5. The number of pyridine rings is 1. The van der Waals surface area contributed by atoms with Crippen LogP contribution in [-0.4, -0.2) is 172 Å². The summed E-state index contributed by atoms with van der Waals surface area (Å²) in [6.45, 7) is 20.6. The number of aryl methyl sites for hydroxylation is 8. The van der Waals surface area contributed by atoms with Gasteiger partial charge in [0.2, 0.25) is 35.4 Å². The van der Waals surface area contributed by atoms with Crippen molar-refractivity contribution in [1.82, 2.24) is 88.8 Å². The van der Waals surface area contributed by atoms with Gasteiger partial charge in [-0.3, -0.25) is 42.9 Å². The molecule has 1 fully saturated rings. The predicted octanol–water partition coefficient (Wildman–Crippen LogP) is 14.2. The Labute approximate surface area is 709 Å². The third kappa shape index (κ3) is 19.7. The van der Waals surface area contributed by atoms with Crippen LogP contribution in [0.25, 0.3) is 73.2 Å². The number of fused-ring (bicyclic) bond motifs is 2. The summed E-state index contributed by atoms with van der Waals surface area (Å²) in [7, 11) is 1.43. The fourth-order valence-corrected chi connectivity index (χ4v) is 15.7. The first-order valence-corrected chi connectivity index (χ1v) is 40.9. The van der Waals surface area contributed by atoms with Crippen LogP contribution in [0.15, 0.2) is 177 Å². The van der Waals surface area contributed by atoms with Crippen molar-refractivity contribution in [3.8, 4) is 73.4 Å². The Hall–Kier alpha value is -14.0. The van der Waals surface area contributed by atoms with Crippen LogP contribution in [0.5, 0.6) is 5.75 Å². The molecule has 0 bridgehead atoms. The van der Waals surface area contributed by atoms with Gasteiger partial charge in [0, 0.05) is 118 Å². The van der Waals surface area contributed by atoms with Crippen LogP contribution in [-0.2, 0) is 71.3 Å². The normalized spacial score (nSPS) is 13.7. The molecule has 4 aliphatic rings. The Bertz CT molecular complexity index is 6180. The molecule has 0 unspecified atom stereocenters. The van der Waals surface area contributed by atoms with E-state index in [4.69, 9.17) is 28.9 Å². The van der Waals surface area contributed by atoms with Crippen molar-refractivity contribution in [3.63, 3.8) is 0 Å². The number of thiazole rings is 1. The Kier molecular flexibility index (Phi) is 25.2. The lowest BCUT2D eigenvalue weighted by molar-refractivity contribution is -0.133. The van der Waals surface area contributed by atoms with E-state index in [-0.39, 0.29) is 73.0 Å². The smallest absolute Gasteiger partial charge is 0.266 e. The molecule has 9 aromatic heterocycles. The SMILES string of the molecule is COc1cc(-c2cc(-c3ccccc3)n(CC(=O)N3CC=C(c4ncc(C)o4)CC3)n2)ccc1F.Cc1cc(-c2cc(-c3ccccc3)n(CC(=O)N3CCc4nc(N)sc4CC3)n2)ncc1F.Cc1nc(N2CCN(C(=O)Cn3nc(-c4ccc(F)c(C)c4)cc3C)CC2)no1.Cc1nc2c(o1)CN(C(=O)Cn1nc(-c3ccc(F)c(C)c3)cc1C)C2. The number of nitrogens with two attached hydrogens (primary N) is 1. The number of hydrogen-bond donors (Lipinski definition) is 1. The molecule has 13 heterocycles. The van der Waals surface area contributed by atoms with Gasteiger partial charge < -0.3 is 48.3 Å². The molecule has 33 heteroatoms. The van der Waals surface area contributed by atoms with E-state index in [1.165, 1.54) is 42.8 Å². The van der Waals surface area contributed by atoms with Crippen molar-refractivity contribution in [2.75, 3.05) is 70.1 Å². The number of oxazole rings is 2. The number of rotatable bonds is 17. The van der Waals surface area contributed by atoms with Gasteiger partial charge in [-0.25, -0.2) is 32.5 Å². The van der Waals surface area contributed by atoms with E-state index in [9.17, 15) is 36.7 Å². The minimum atomic E-state index is -0.438. The standard InChI is InChI=1S/C27H25FN4O3.C24H23FN6OS.C20H23FN6O2.C19H19FN4O2/c1-18-16-29-27(35-18)20-10-12-31(13-11-20)26(33)17-32-24(19-6-4-3-5-7-19)15-23(30-32)21-8-9-22(28)25(14-21)34-2;1-15-11-19(27-13-17(15)25)20-12-21(16-5-3-2-4-6-16)31(29-20)14-23(32)30-9-7-18-22(8-10-30)33-24(26)28-18;1-13-10-16(4-5-17(13)21)18-11-14(2)27(23-18)12-19(28)25-6-8-26(9-7-25)20-22-15(3)29-24-20;1-11-6-14(4-5-15(11)20)16-7-12(2)24(22-16)10-19(25)23-8-17-18(9-23)26-13(3)21-17/h3-10,14-16H,11-13,17H2,1-2H3;2-6,11-13H,7-10,14H2,1H3,(H2,26,28);4-5,10-11H,6-9,12H2,1-3H3;4-7H,8-10H2,1-3H3. The molecule has 123 heavy (non-hydrogen) atoms. The van der Waals surface area contributed by atoms with Crippen LogP contribution in [0.3, 0.4) is 0 Å². The predicted molar refractivity (Wildman–Crippen MR) is 454 cm³/mol. The average Bonchev–Trinajstić information content (AvgIpc) is 1.68. The quantitative estimate of drug-likeness (QED) is 0.0828. The minimum absolute atomic E-state index is 0.00629. The van der Waals surface area contributed by atoms with Gasteiger partial charge in [0.25, 0.3) is 5.95 Å². The van der Waals surface area contributed by atoms with Crippen molar-refractivity contribution in [2.24, 2.45) is 0 Å². The molecule has 18 rings (SSSR count). The number of methoxy groups -OCH3 is 1. The van der Waals surface area contributed by atoms with E-state index in [1.807, 2.05) is 126 Å². The Morgan fingerprint density at radius 2 is 0.992 bits per heavy atom. The maximum atomic E-state index is 13.9. The maximum absolute atomic E-state index is 13.9. The van der Waals surface area contributed by atoms with Crippen LogP contribution < -0.4 is 15.4 Å². The van der Waals surface area contributed by atoms with Gasteiger partial charge in [0.05, 0.1) is 72.5 Å². The van der Waals surface area contributed by atoms with Crippen LogP contribution in [0.2, 0.25) is 0 Å². The highest BCUT2D eigenvalue weighted by atomic mass is 32.1. The summed E-state index contributed by atoms with van der Waals surface area (Å²) in [4.78, 5) is 83.6. The first-order valence-electron chi connectivity index (χ1n) is 40.1. The number of carbonyl (C=O) groups is 4. The van der Waals surface area contributed by atoms with E-state index >= 15 is 0 Å². The number of hydrogen-bond acceptors (Lipinski definition) is 21. The summed E-state index contributed by atoms with van der Waals surface area (Å²) in [5.41, 5.74) is 21.2. The topological polar surface area (TPSA) is 308 Å². The minimum Gasteiger partial charge on any atom is -0.494 e. The summed E-state index contributed by atoms with van der Waals surface area (Å²) in [5, 5.41) is 23.0. The number of nitrogens with zero attached hydrogens (tertiary/aromatic N) is 19. The van der Waals surface area contributed by atoms with E-state index in [2.05, 4.69) is 45.4 Å². The van der Waals surface area contributed by atoms with E-state index in [1.54, 1.807) is 112 Å². The zero-order valence-corrected chi connectivity index (χ0v) is 70.2. The fourth-order valence-electron chi connectivity index (χ4n) is 14.8. The molecule has 0 aliphatic carbocycles. The van der Waals surface area contributed by atoms with Crippen molar-refractivity contribution < 1.29 is 54.8 Å². The van der Waals surface area contributed by atoms with Gasteiger partial charge in [0.1, 0.15) is 66.5 Å². The third-order valence-corrected chi connectivity index (χ3v) is 22.6. The van der Waals surface area contributed by atoms with Crippen molar-refractivity contribution >= 4 is 51.6 Å². The van der Waals surface area contributed by atoms with Gasteiger partial charge >= 0.3 is 0 Å². The van der Waals surface area contributed by atoms with Gasteiger partial charge in [-0.2, -0.15) is 25.4 Å². The lowest BCUT2D eigenvalue weighted by Crippen LogP contribution is -2.50. The van der Waals surface area contributed by atoms with Gasteiger partial charge in [-0.1, -0.05) is 66.7 Å². The van der Waals surface area contributed by atoms with E-state index in [0.717, 1.165) is 96.2 Å². The summed E-state index contributed by atoms with van der Waals surface area (Å²) in [5.74, 6) is 2.67. The molecular formula is C90H90F4N20O8S. The lowest BCUT2D eigenvalue weighted by Gasteiger charge is -2.33. The second-order valence-electron chi connectivity index (χ2n) is 30.4. The molecule has 1 saturated heterocycles. The first-order chi connectivity index (χ1) is 59.3. The van der Waals surface area contributed by atoms with Crippen molar-refractivity contribution in [1.29, 1.82) is 0 Å². The monoisotopic (exact) mass is 1690 g/mol. The largest absolute Gasteiger partial charge is 0.494 e. The number of piperazine rings is 1. The number of carbonyl (C=O) groups excluding carboxylic acids is 4. The Balaban J connectivity index is 0.000000128. The number of aromatic nitrogens is 14. The van der Waals surface area contributed by atoms with Gasteiger partial charge in [0.15, 0.2) is 22.6 Å². The summed E-state index contributed by atoms with van der Waals surface area (Å²) in [6, 6.07) is 43.3. The molecule has 0 radical (unpaired) electrons. The van der Waals surface area contributed by atoms with E-state index < -0.39 is 5.82 Å². The molecule has 14 aromatic rings. The number of nitrogen functional groups attached to an aromatic ring is 1. The third-order valence-electron chi connectivity index (χ3n) is 21.6. The van der Waals surface area contributed by atoms with Crippen LogP contribution in [0.4, 0.5) is 28.6 Å². The fraction of sp³-hybridized carbons (Fsp3) is 0.289. The van der Waals surface area contributed by atoms with Crippen molar-refractivity contribution in [2.45, 2.75) is 114 Å². The molecule has 0 saturated carbocycles. The molecule has 2 N–H and O–H groups in total. The second-order valence-corrected chi connectivity index (χ2v) is 31.5. The van der Waals surface area contributed by atoms with Crippen LogP contribution in [0, 0.1) is 78.7 Å². The highest BCUT2D eigenvalue weighted by Crippen LogP contribution is 2.34. The number of halogens is 4. The van der Waals surface area contributed by atoms with Crippen molar-refractivity contribution in [3.05, 3.63) is 261 Å². The molecule has 28 nitrogen and oxygen atoms in total.